The minimum Gasteiger partial charge on any atom is -0.477 e. The first-order valence-corrected chi connectivity index (χ1v) is 4.71. The van der Waals surface area contributed by atoms with Gasteiger partial charge in [-0.3, -0.25) is 0 Å². The number of rotatable bonds is 6. The van der Waals surface area contributed by atoms with Gasteiger partial charge in [0, 0.05) is 19.2 Å². The average molecular weight is 219 g/mol. The highest BCUT2D eigenvalue weighted by Crippen LogP contribution is 2.10. The van der Waals surface area contributed by atoms with Gasteiger partial charge in [0.2, 0.25) is 0 Å². The monoisotopic (exact) mass is 219 g/mol. The Morgan fingerprint density at radius 3 is 2.50 bits per heavy atom. The Hall–Kier alpha value is -2.17. The van der Waals surface area contributed by atoms with Gasteiger partial charge in [-0.25, -0.2) is 14.8 Å². The summed E-state index contributed by atoms with van der Waals surface area (Å²) in [5.74, 6) is -0.520. The number of aromatic carboxylic acids is 1. The molecule has 1 heterocycles. The molecule has 0 saturated heterocycles. The smallest absolute Gasteiger partial charge is 0.354 e. The van der Waals surface area contributed by atoms with E-state index < -0.39 is 5.97 Å². The maximum Gasteiger partial charge on any atom is 0.354 e. The first-order valence-electron chi connectivity index (χ1n) is 4.71. The SMILES string of the molecule is C=CCN(CC=C)c1cc(C(=O)O)ncn1. The standard InChI is InChI=1S/C11H13N3O2/c1-3-5-14(6-4-2)10-7-9(11(15)16)12-8-13-10/h3-4,7-8H,1-2,5-6H2,(H,15,16). The van der Waals surface area contributed by atoms with E-state index in [1.54, 1.807) is 12.2 Å². The van der Waals surface area contributed by atoms with Gasteiger partial charge in [0.1, 0.15) is 12.1 Å². The van der Waals surface area contributed by atoms with Crippen LogP contribution in [0.2, 0.25) is 0 Å². The zero-order valence-corrected chi connectivity index (χ0v) is 8.83. The van der Waals surface area contributed by atoms with E-state index in [1.807, 2.05) is 4.90 Å². The van der Waals surface area contributed by atoms with Crippen molar-refractivity contribution in [3.63, 3.8) is 0 Å². The third-order valence-corrected chi connectivity index (χ3v) is 1.89. The van der Waals surface area contributed by atoms with Crippen LogP contribution in [0, 0.1) is 0 Å². The van der Waals surface area contributed by atoms with Crippen LogP contribution in [0.5, 0.6) is 0 Å². The molecule has 0 aliphatic rings. The van der Waals surface area contributed by atoms with E-state index in [4.69, 9.17) is 5.11 Å². The number of carboxylic acids is 1. The predicted octanol–water partition coefficient (Wildman–Crippen LogP) is 1.35. The first kappa shape index (κ1) is 11.9. The van der Waals surface area contributed by atoms with E-state index in [-0.39, 0.29) is 5.69 Å². The number of nitrogens with zero attached hydrogens (tertiary/aromatic N) is 3. The summed E-state index contributed by atoms with van der Waals surface area (Å²) in [6.07, 6.45) is 4.66. The zero-order chi connectivity index (χ0) is 12.0. The fourth-order valence-electron chi connectivity index (χ4n) is 1.21. The Kier molecular flexibility index (Phi) is 4.20. The lowest BCUT2D eigenvalue weighted by atomic mass is 10.3. The maximum absolute atomic E-state index is 10.7. The normalized spacial score (nSPS) is 9.50. The molecule has 5 nitrogen and oxygen atoms in total. The number of hydrogen-bond donors (Lipinski definition) is 1. The second-order valence-electron chi connectivity index (χ2n) is 3.05. The molecule has 84 valence electrons. The molecule has 1 aromatic rings. The van der Waals surface area contributed by atoms with Gasteiger partial charge in [0.25, 0.3) is 0 Å². The molecule has 0 saturated carbocycles. The third-order valence-electron chi connectivity index (χ3n) is 1.89. The van der Waals surface area contributed by atoms with Gasteiger partial charge in [-0.15, -0.1) is 13.2 Å². The van der Waals surface area contributed by atoms with Gasteiger partial charge in [0.05, 0.1) is 0 Å². The Labute approximate surface area is 93.8 Å². The molecule has 0 atom stereocenters. The van der Waals surface area contributed by atoms with Crippen molar-refractivity contribution in [2.45, 2.75) is 0 Å². The molecule has 0 bridgehead atoms. The van der Waals surface area contributed by atoms with E-state index in [0.29, 0.717) is 18.9 Å². The van der Waals surface area contributed by atoms with E-state index in [2.05, 4.69) is 23.1 Å². The molecular formula is C11H13N3O2. The fraction of sp³-hybridized carbons (Fsp3) is 0.182. The summed E-state index contributed by atoms with van der Waals surface area (Å²) >= 11 is 0. The number of hydrogen-bond acceptors (Lipinski definition) is 4. The van der Waals surface area contributed by atoms with E-state index in [0.717, 1.165) is 0 Å². The van der Waals surface area contributed by atoms with Gasteiger partial charge < -0.3 is 10.0 Å². The number of carboxylic acid groups (broad SMARTS) is 1. The van der Waals surface area contributed by atoms with Crippen LogP contribution in [0.25, 0.3) is 0 Å². The Morgan fingerprint density at radius 2 is 2.00 bits per heavy atom. The van der Waals surface area contributed by atoms with Crippen molar-refractivity contribution < 1.29 is 9.90 Å². The van der Waals surface area contributed by atoms with Crippen molar-refractivity contribution in [2.75, 3.05) is 18.0 Å². The molecule has 5 heteroatoms. The van der Waals surface area contributed by atoms with E-state index >= 15 is 0 Å². The Balaban J connectivity index is 2.98. The predicted molar refractivity (Wildman–Crippen MR) is 61.6 cm³/mol. The molecule has 0 spiro atoms. The van der Waals surface area contributed by atoms with Crippen LogP contribution in [0.3, 0.4) is 0 Å². The molecule has 0 aliphatic heterocycles. The summed E-state index contributed by atoms with van der Waals surface area (Å²) < 4.78 is 0. The van der Waals surface area contributed by atoms with Crippen molar-refractivity contribution >= 4 is 11.8 Å². The van der Waals surface area contributed by atoms with Crippen LogP contribution in [-0.4, -0.2) is 34.1 Å². The summed E-state index contributed by atoms with van der Waals surface area (Å²) in [5, 5.41) is 8.80. The van der Waals surface area contributed by atoms with Crippen molar-refractivity contribution in [1.29, 1.82) is 0 Å². The zero-order valence-electron chi connectivity index (χ0n) is 8.83. The second-order valence-corrected chi connectivity index (χ2v) is 3.05. The number of anilines is 1. The maximum atomic E-state index is 10.7. The van der Waals surface area contributed by atoms with Crippen LogP contribution in [-0.2, 0) is 0 Å². The van der Waals surface area contributed by atoms with Crippen molar-refractivity contribution in [2.24, 2.45) is 0 Å². The minimum absolute atomic E-state index is 0.0249. The lowest BCUT2D eigenvalue weighted by Crippen LogP contribution is -2.24. The van der Waals surface area contributed by atoms with E-state index in [1.165, 1.54) is 12.4 Å². The molecule has 1 rings (SSSR count). The molecule has 0 radical (unpaired) electrons. The summed E-state index contributed by atoms with van der Waals surface area (Å²) in [6.45, 7) is 8.40. The van der Waals surface area contributed by atoms with Crippen LogP contribution in [0.15, 0.2) is 37.7 Å². The highest BCUT2D eigenvalue weighted by Gasteiger charge is 2.09. The van der Waals surface area contributed by atoms with Crippen LogP contribution >= 0.6 is 0 Å². The minimum atomic E-state index is -1.07. The number of aromatic nitrogens is 2. The molecule has 0 aliphatic carbocycles. The van der Waals surface area contributed by atoms with Crippen LogP contribution < -0.4 is 4.90 Å². The Morgan fingerprint density at radius 1 is 1.38 bits per heavy atom. The molecule has 0 aromatic carbocycles. The lowest BCUT2D eigenvalue weighted by molar-refractivity contribution is 0.0690. The van der Waals surface area contributed by atoms with Gasteiger partial charge in [-0.2, -0.15) is 0 Å². The van der Waals surface area contributed by atoms with Crippen molar-refractivity contribution in [1.82, 2.24) is 9.97 Å². The van der Waals surface area contributed by atoms with Crippen molar-refractivity contribution in [3.05, 3.63) is 43.4 Å². The number of carbonyl (C=O) groups is 1. The van der Waals surface area contributed by atoms with E-state index in [9.17, 15) is 4.79 Å². The molecule has 1 aromatic heterocycles. The van der Waals surface area contributed by atoms with Gasteiger partial charge >= 0.3 is 5.97 Å². The average Bonchev–Trinajstić information content (AvgIpc) is 2.29. The Bertz CT molecular complexity index is 394. The quantitative estimate of drug-likeness (QED) is 0.731. The van der Waals surface area contributed by atoms with Crippen LogP contribution in [0.1, 0.15) is 10.5 Å². The van der Waals surface area contributed by atoms with Crippen molar-refractivity contribution in [3.8, 4) is 0 Å². The fourth-order valence-corrected chi connectivity index (χ4v) is 1.21. The second kappa shape index (κ2) is 5.65. The molecular weight excluding hydrogens is 206 g/mol. The summed E-state index contributed by atoms with van der Waals surface area (Å²) in [4.78, 5) is 20.3. The molecule has 0 fully saturated rings. The highest BCUT2D eigenvalue weighted by atomic mass is 16.4. The molecule has 16 heavy (non-hydrogen) atoms. The topological polar surface area (TPSA) is 66.3 Å². The van der Waals surface area contributed by atoms with Crippen LogP contribution in [0.4, 0.5) is 5.82 Å². The van der Waals surface area contributed by atoms with Gasteiger partial charge in [-0.05, 0) is 0 Å². The molecule has 0 unspecified atom stereocenters. The summed E-state index contributed by atoms with van der Waals surface area (Å²) in [5.41, 5.74) is -0.0249. The first-order chi connectivity index (χ1) is 7.69. The molecule has 1 N–H and O–H groups in total. The highest BCUT2D eigenvalue weighted by molar-refractivity contribution is 5.86. The lowest BCUT2D eigenvalue weighted by Gasteiger charge is -2.19. The van der Waals surface area contributed by atoms with Gasteiger partial charge in [-0.1, -0.05) is 12.2 Å². The van der Waals surface area contributed by atoms with Gasteiger partial charge in [0.15, 0.2) is 5.69 Å². The summed E-state index contributed by atoms with van der Waals surface area (Å²) in [6, 6.07) is 1.43. The third kappa shape index (κ3) is 2.91. The summed E-state index contributed by atoms with van der Waals surface area (Å²) in [7, 11) is 0. The largest absolute Gasteiger partial charge is 0.477 e. The molecule has 0 amide bonds.